The van der Waals surface area contributed by atoms with Crippen LogP contribution in [0, 0.1) is 0 Å². The summed E-state index contributed by atoms with van der Waals surface area (Å²) in [6.07, 6.45) is 11.8. The second-order valence-electron chi connectivity index (χ2n) is 14.1. The SMILES string of the molecule is NC1CC2CCC(C1)N2C(=O)[C@H](NS(=O)(=O)c1cccc2cc(OC3CCCC3)ccc12)C(F)(F)c1ccc(OC2CCCCC2)cc1. The number of carbonyl (C=O) groups excluding carboxylic acids is 1. The first-order chi connectivity index (χ1) is 23.1. The van der Waals surface area contributed by atoms with Crippen molar-refractivity contribution in [1.82, 2.24) is 9.62 Å². The molecule has 2 unspecified atom stereocenters. The van der Waals surface area contributed by atoms with Gasteiger partial charge in [-0.15, -0.1) is 0 Å². The van der Waals surface area contributed by atoms with E-state index in [0.29, 0.717) is 48.0 Å². The molecule has 1 amide bonds. The van der Waals surface area contributed by atoms with E-state index in [1.807, 2.05) is 0 Å². The van der Waals surface area contributed by atoms with Gasteiger partial charge in [0, 0.05) is 29.1 Å². The molecule has 4 fully saturated rings. The summed E-state index contributed by atoms with van der Waals surface area (Å²) in [6, 6.07) is 12.1. The summed E-state index contributed by atoms with van der Waals surface area (Å²) in [6.45, 7) is 0. The van der Waals surface area contributed by atoms with Crippen LogP contribution in [0.4, 0.5) is 8.78 Å². The molecule has 7 rings (SSSR count). The molecule has 2 aliphatic heterocycles. The first kappa shape index (κ1) is 33.2. The number of piperidine rings is 1. The predicted molar refractivity (Wildman–Crippen MR) is 180 cm³/mol. The molecule has 3 atom stereocenters. The number of benzene rings is 3. The van der Waals surface area contributed by atoms with Gasteiger partial charge in [0.25, 0.3) is 5.92 Å². The Bertz CT molecular complexity index is 1710. The van der Waals surface area contributed by atoms with E-state index >= 15 is 8.78 Å². The highest BCUT2D eigenvalue weighted by Crippen LogP contribution is 2.41. The average Bonchev–Trinajstić information content (AvgIpc) is 3.69. The third-order valence-electron chi connectivity index (χ3n) is 10.7. The van der Waals surface area contributed by atoms with Gasteiger partial charge in [-0.1, -0.05) is 18.6 Å². The van der Waals surface area contributed by atoms with Crippen LogP contribution in [0.15, 0.2) is 65.6 Å². The van der Waals surface area contributed by atoms with E-state index in [1.54, 1.807) is 30.3 Å². The topological polar surface area (TPSA) is 111 Å². The maximum Gasteiger partial charge on any atom is 0.298 e. The van der Waals surface area contributed by atoms with E-state index in [0.717, 1.165) is 57.8 Å². The van der Waals surface area contributed by atoms with Crippen molar-refractivity contribution in [2.45, 2.75) is 131 Å². The number of carbonyl (C=O) groups is 1. The average molecular weight is 682 g/mol. The van der Waals surface area contributed by atoms with Crippen LogP contribution in [0.5, 0.6) is 11.5 Å². The van der Waals surface area contributed by atoms with Crippen LogP contribution in [-0.2, 0) is 20.7 Å². The molecule has 258 valence electrons. The number of hydrogen-bond acceptors (Lipinski definition) is 6. The smallest absolute Gasteiger partial charge is 0.298 e. The van der Waals surface area contributed by atoms with Crippen LogP contribution in [0.2, 0.25) is 0 Å². The maximum atomic E-state index is 16.7. The minimum Gasteiger partial charge on any atom is -0.490 e. The van der Waals surface area contributed by atoms with E-state index in [1.165, 1.54) is 35.2 Å². The van der Waals surface area contributed by atoms with E-state index < -0.39 is 33.5 Å². The van der Waals surface area contributed by atoms with Crippen molar-refractivity contribution >= 4 is 26.7 Å². The molecule has 8 nitrogen and oxygen atoms in total. The van der Waals surface area contributed by atoms with E-state index in [9.17, 15) is 13.2 Å². The molecule has 3 aromatic carbocycles. The van der Waals surface area contributed by atoms with Crippen LogP contribution in [0.3, 0.4) is 0 Å². The molecule has 3 aromatic rings. The number of halogens is 2. The highest BCUT2D eigenvalue weighted by molar-refractivity contribution is 7.89. The van der Waals surface area contributed by atoms with Gasteiger partial charge in [-0.2, -0.15) is 13.5 Å². The minimum atomic E-state index is -4.62. The molecule has 2 bridgehead atoms. The Balaban J connectivity index is 1.20. The van der Waals surface area contributed by atoms with Crippen molar-refractivity contribution in [2.24, 2.45) is 5.73 Å². The Kier molecular flexibility index (Phi) is 9.38. The van der Waals surface area contributed by atoms with Crippen LogP contribution in [0.25, 0.3) is 10.8 Å². The summed E-state index contributed by atoms with van der Waals surface area (Å²) in [4.78, 5) is 15.5. The Morgan fingerprint density at radius 1 is 0.812 bits per heavy atom. The number of fused-ring (bicyclic) bond motifs is 3. The number of nitrogens with zero attached hydrogens (tertiary/aromatic N) is 1. The number of sulfonamides is 1. The van der Waals surface area contributed by atoms with Gasteiger partial charge in [0.15, 0.2) is 6.04 Å². The highest BCUT2D eigenvalue weighted by atomic mass is 32.2. The molecular formula is C37H45F2N3O5S. The lowest BCUT2D eigenvalue weighted by molar-refractivity contribution is -0.149. The van der Waals surface area contributed by atoms with Crippen LogP contribution < -0.4 is 19.9 Å². The Hall–Kier alpha value is -3.28. The second-order valence-corrected chi connectivity index (χ2v) is 15.8. The number of nitrogens with one attached hydrogen (secondary N) is 1. The van der Waals surface area contributed by atoms with Crippen LogP contribution in [-0.4, -0.2) is 55.6 Å². The van der Waals surface area contributed by atoms with Gasteiger partial charge >= 0.3 is 0 Å². The molecule has 0 radical (unpaired) electrons. The number of nitrogens with two attached hydrogens (primary N) is 1. The standard InChI is InChI=1S/C37H45F2N3O5S/c38-37(39,25-13-17-31(18-14-25)46-29-8-2-1-3-9-29)35(36(43)42-27-15-16-28(42)23-26(40)22-27)41-48(44,45)34-12-6-7-24-21-32(19-20-33(24)34)47-30-10-4-5-11-30/h6-7,12-14,17-21,26-30,35,41H,1-5,8-11,15-16,22-23,40H2/t26?,27?,28?,35-/m0/s1. The monoisotopic (exact) mass is 681 g/mol. The number of hydrogen-bond donors (Lipinski definition) is 2. The molecular weight excluding hydrogens is 636 g/mol. The molecule has 4 aliphatic rings. The lowest BCUT2D eigenvalue weighted by Crippen LogP contribution is -2.60. The normalized spacial score (nSPS) is 24.6. The van der Waals surface area contributed by atoms with Gasteiger partial charge in [-0.05, 0) is 131 Å². The fourth-order valence-electron chi connectivity index (χ4n) is 8.26. The zero-order valence-electron chi connectivity index (χ0n) is 27.2. The van der Waals surface area contributed by atoms with Crippen LogP contribution >= 0.6 is 0 Å². The summed E-state index contributed by atoms with van der Waals surface area (Å²) in [5, 5.41) is 0.950. The summed E-state index contributed by atoms with van der Waals surface area (Å²) in [5.41, 5.74) is 5.75. The molecule has 0 aromatic heterocycles. The molecule has 2 aliphatic carbocycles. The predicted octanol–water partition coefficient (Wildman–Crippen LogP) is 6.79. The quantitative estimate of drug-likeness (QED) is 0.244. The number of amides is 1. The minimum absolute atomic E-state index is 0.0400. The Labute approximate surface area is 281 Å². The van der Waals surface area contributed by atoms with Crippen molar-refractivity contribution in [3.63, 3.8) is 0 Å². The van der Waals surface area contributed by atoms with E-state index in [-0.39, 0.29) is 35.2 Å². The van der Waals surface area contributed by atoms with Crippen molar-refractivity contribution in [3.8, 4) is 11.5 Å². The van der Waals surface area contributed by atoms with Gasteiger partial charge in [-0.25, -0.2) is 8.42 Å². The van der Waals surface area contributed by atoms with Crippen LogP contribution in [0.1, 0.15) is 89.0 Å². The van der Waals surface area contributed by atoms with Crippen molar-refractivity contribution < 1.29 is 31.5 Å². The molecule has 2 saturated carbocycles. The number of ether oxygens (including phenoxy) is 2. The molecule has 2 heterocycles. The van der Waals surface area contributed by atoms with Crippen molar-refractivity contribution in [3.05, 3.63) is 66.2 Å². The first-order valence-electron chi connectivity index (χ1n) is 17.5. The second kappa shape index (κ2) is 13.6. The Morgan fingerprint density at radius 2 is 1.40 bits per heavy atom. The largest absolute Gasteiger partial charge is 0.490 e. The zero-order chi connectivity index (χ0) is 33.5. The highest BCUT2D eigenvalue weighted by Gasteiger charge is 2.53. The van der Waals surface area contributed by atoms with Gasteiger partial charge in [0.1, 0.15) is 11.5 Å². The van der Waals surface area contributed by atoms with E-state index in [4.69, 9.17) is 15.2 Å². The maximum absolute atomic E-state index is 16.7. The molecule has 3 N–H and O–H groups in total. The van der Waals surface area contributed by atoms with E-state index in [2.05, 4.69) is 4.72 Å². The van der Waals surface area contributed by atoms with Gasteiger partial charge in [-0.3, -0.25) is 4.79 Å². The lowest BCUT2D eigenvalue weighted by Gasteiger charge is -2.41. The fourth-order valence-corrected chi connectivity index (χ4v) is 9.68. The van der Waals surface area contributed by atoms with Gasteiger partial charge < -0.3 is 20.1 Å². The molecule has 2 saturated heterocycles. The third kappa shape index (κ3) is 6.78. The third-order valence-corrected chi connectivity index (χ3v) is 12.2. The van der Waals surface area contributed by atoms with Crippen molar-refractivity contribution in [2.75, 3.05) is 0 Å². The van der Waals surface area contributed by atoms with Crippen molar-refractivity contribution in [1.29, 1.82) is 0 Å². The van der Waals surface area contributed by atoms with Gasteiger partial charge in [0.05, 0.1) is 17.1 Å². The lowest BCUT2D eigenvalue weighted by atomic mass is 9.94. The molecule has 48 heavy (non-hydrogen) atoms. The number of alkyl halides is 2. The Morgan fingerprint density at radius 3 is 2.04 bits per heavy atom. The molecule has 0 spiro atoms. The summed E-state index contributed by atoms with van der Waals surface area (Å²) >= 11 is 0. The molecule has 11 heteroatoms. The summed E-state index contributed by atoms with van der Waals surface area (Å²) < 4.78 is 76.0. The summed E-state index contributed by atoms with van der Waals surface area (Å²) in [5.74, 6) is -3.71. The summed E-state index contributed by atoms with van der Waals surface area (Å²) in [7, 11) is -4.62. The van der Waals surface area contributed by atoms with Gasteiger partial charge in [0.2, 0.25) is 15.9 Å². The zero-order valence-corrected chi connectivity index (χ0v) is 28.0. The fraction of sp³-hybridized carbons (Fsp3) is 0.541. The number of rotatable bonds is 10. The first-order valence-corrected chi connectivity index (χ1v) is 19.0.